The van der Waals surface area contributed by atoms with Gasteiger partial charge in [0.05, 0.1) is 4.43 Å². The fraction of sp³-hybridized carbons (Fsp3) is 0.750. The molecule has 0 aliphatic rings. The van der Waals surface area contributed by atoms with Gasteiger partial charge in [-0.25, -0.2) is 0 Å². The maximum absolute atomic E-state index is 3.18. The molecule has 0 amide bonds. The molecule has 0 bridgehead atoms. The van der Waals surface area contributed by atoms with Crippen molar-refractivity contribution in [1.82, 2.24) is 0 Å². The average Bonchev–Trinajstić information content (AvgIpc) is 1.85. The Hall–Kier alpha value is 0.290. The van der Waals surface area contributed by atoms with Crippen molar-refractivity contribution in [3.63, 3.8) is 0 Å². The zero-order chi connectivity index (χ0) is 7.11. The summed E-state index contributed by atoms with van der Waals surface area (Å²) in [7, 11) is 0. The molecule has 0 aliphatic heterocycles. The first-order valence-electron chi connectivity index (χ1n) is 3.35. The smallest absolute Gasteiger partial charge is 0.0609 e. The van der Waals surface area contributed by atoms with Crippen LogP contribution in [0.2, 0.25) is 0 Å². The van der Waals surface area contributed by atoms with Crippen molar-refractivity contribution in [3.05, 3.63) is 0 Å². The van der Waals surface area contributed by atoms with E-state index in [1.54, 1.807) is 0 Å². The molecule has 0 fully saturated rings. The van der Waals surface area contributed by atoms with Crippen LogP contribution in [-0.2, 0) is 0 Å². The van der Waals surface area contributed by atoms with Crippen molar-refractivity contribution < 1.29 is 0 Å². The first-order chi connectivity index (χ1) is 4.31. The van der Waals surface area contributed by atoms with Crippen LogP contribution in [0.4, 0.5) is 0 Å². The summed E-state index contributed by atoms with van der Waals surface area (Å²) in [5, 5.41) is 0. The lowest BCUT2D eigenvalue weighted by atomic mass is 10.1. The van der Waals surface area contributed by atoms with Crippen molar-refractivity contribution in [2.75, 3.05) is 4.43 Å². The lowest BCUT2D eigenvalue weighted by molar-refractivity contribution is 0.653. The molecule has 0 aromatic rings. The van der Waals surface area contributed by atoms with E-state index in [9.17, 15) is 0 Å². The zero-order valence-corrected chi connectivity index (χ0v) is 8.23. The molecule has 0 radical (unpaired) electrons. The second kappa shape index (κ2) is 6.41. The third kappa shape index (κ3) is 6.17. The summed E-state index contributed by atoms with van der Waals surface area (Å²) in [6.07, 6.45) is 2.49. The second-order valence-corrected chi connectivity index (χ2v) is 2.91. The van der Waals surface area contributed by atoms with Gasteiger partial charge < -0.3 is 0 Å². The van der Waals surface area contributed by atoms with Gasteiger partial charge in [0.15, 0.2) is 0 Å². The molecule has 0 N–H and O–H groups in total. The van der Waals surface area contributed by atoms with Crippen LogP contribution in [0.1, 0.15) is 26.7 Å². The minimum Gasteiger partial charge on any atom is -0.0994 e. The number of rotatable bonds is 2. The minimum atomic E-state index is 0.602. The standard InChI is InChI=1S/C8H13I/c1-3-5-8(2)6-4-7-9/h8H,3,5,7H2,1-2H3. The molecular formula is C8H13I. The average molecular weight is 236 g/mol. The summed E-state index contributed by atoms with van der Waals surface area (Å²) in [5.41, 5.74) is 0. The Labute approximate surface area is 71.6 Å². The van der Waals surface area contributed by atoms with E-state index in [4.69, 9.17) is 0 Å². The third-order valence-electron chi connectivity index (χ3n) is 1.14. The van der Waals surface area contributed by atoms with E-state index in [1.807, 2.05) is 0 Å². The predicted molar refractivity (Wildman–Crippen MR) is 50.7 cm³/mol. The van der Waals surface area contributed by atoms with Gasteiger partial charge in [-0.05, 0) is 6.42 Å². The zero-order valence-electron chi connectivity index (χ0n) is 6.08. The van der Waals surface area contributed by atoms with Gasteiger partial charge in [0.25, 0.3) is 0 Å². The van der Waals surface area contributed by atoms with E-state index >= 15 is 0 Å². The summed E-state index contributed by atoms with van der Waals surface area (Å²) in [5.74, 6) is 6.85. The van der Waals surface area contributed by atoms with Crippen LogP contribution in [0.15, 0.2) is 0 Å². The quantitative estimate of drug-likeness (QED) is 0.393. The molecule has 0 saturated heterocycles. The Morgan fingerprint density at radius 1 is 1.56 bits per heavy atom. The van der Waals surface area contributed by atoms with Crippen molar-refractivity contribution in [1.29, 1.82) is 0 Å². The molecule has 0 aliphatic carbocycles. The first-order valence-corrected chi connectivity index (χ1v) is 4.88. The number of hydrogen-bond donors (Lipinski definition) is 0. The highest BCUT2D eigenvalue weighted by molar-refractivity contribution is 14.1. The fourth-order valence-electron chi connectivity index (χ4n) is 0.718. The van der Waals surface area contributed by atoms with Gasteiger partial charge in [0.2, 0.25) is 0 Å². The molecule has 0 nitrogen and oxygen atoms in total. The predicted octanol–water partition coefficient (Wildman–Crippen LogP) is 2.86. The van der Waals surface area contributed by atoms with Gasteiger partial charge in [-0.1, -0.05) is 54.7 Å². The summed E-state index contributed by atoms with van der Waals surface area (Å²) in [6, 6.07) is 0. The molecule has 1 unspecified atom stereocenters. The van der Waals surface area contributed by atoms with Gasteiger partial charge in [-0.3, -0.25) is 0 Å². The van der Waals surface area contributed by atoms with Crippen LogP contribution in [-0.4, -0.2) is 4.43 Å². The summed E-state index contributed by atoms with van der Waals surface area (Å²) in [4.78, 5) is 0. The molecule has 0 rings (SSSR count). The Kier molecular flexibility index (Phi) is 6.62. The van der Waals surface area contributed by atoms with Crippen LogP contribution in [0, 0.1) is 17.8 Å². The van der Waals surface area contributed by atoms with Gasteiger partial charge in [0.1, 0.15) is 0 Å². The maximum atomic E-state index is 3.18. The molecule has 52 valence electrons. The molecule has 9 heavy (non-hydrogen) atoms. The summed E-state index contributed by atoms with van der Waals surface area (Å²) in [6.45, 7) is 4.38. The van der Waals surface area contributed by atoms with E-state index in [0.717, 1.165) is 4.43 Å². The molecular weight excluding hydrogens is 223 g/mol. The SMILES string of the molecule is CCCC(C)C#CCI. The van der Waals surface area contributed by atoms with Crippen LogP contribution in [0.3, 0.4) is 0 Å². The Bertz CT molecular complexity index is 107. The van der Waals surface area contributed by atoms with Crippen molar-refractivity contribution in [2.24, 2.45) is 5.92 Å². The molecule has 0 aromatic heterocycles. The van der Waals surface area contributed by atoms with Gasteiger partial charge in [-0.15, -0.1) is 0 Å². The van der Waals surface area contributed by atoms with Crippen molar-refractivity contribution >= 4 is 22.6 Å². The number of hydrogen-bond acceptors (Lipinski definition) is 0. The molecule has 0 aromatic carbocycles. The monoisotopic (exact) mass is 236 g/mol. The second-order valence-electron chi connectivity index (χ2n) is 2.14. The van der Waals surface area contributed by atoms with E-state index < -0.39 is 0 Å². The first kappa shape index (κ1) is 9.29. The molecule has 0 saturated carbocycles. The van der Waals surface area contributed by atoms with Crippen LogP contribution in [0.5, 0.6) is 0 Å². The molecule has 1 atom stereocenters. The summed E-state index contributed by atoms with van der Waals surface area (Å²) >= 11 is 2.28. The van der Waals surface area contributed by atoms with Crippen molar-refractivity contribution in [3.8, 4) is 11.8 Å². The Morgan fingerprint density at radius 3 is 2.67 bits per heavy atom. The maximum Gasteiger partial charge on any atom is 0.0609 e. The van der Waals surface area contributed by atoms with Crippen LogP contribution >= 0.6 is 22.6 Å². The number of halogens is 1. The summed E-state index contributed by atoms with van der Waals surface area (Å²) < 4.78 is 0.964. The van der Waals surface area contributed by atoms with Crippen molar-refractivity contribution in [2.45, 2.75) is 26.7 Å². The normalized spacial score (nSPS) is 11.9. The molecule has 0 spiro atoms. The largest absolute Gasteiger partial charge is 0.0994 e. The van der Waals surface area contributed by atoms with Gasteiger partial charge in [0, 0.05) is 5.92 Å². The topological polar surface area (TPSA) is 0 Å². The van der Waals surface area contributed by atoms with Crippen LogP contribution < -0.4 is 0 Å². The van der Waals surface area contributed by atoms with E-state index in [-0.39, 0.29) is 0 Å². The Balaban J connectivity index is 3.36. The van der Waals surface area contributed by atoms with Crippen LogP contribution in [0.25, 0.3) is 0 Å². The van der Waals surface area contributed by atoms with E-state index in [2.05, 4.69) is 48.3 Å². The fourth-order valence-corrected chi connectivity index (χ4v) is 0.938. The third-order valence-corrected chi connectivity index (χ3v) is 1.52. The molecule has 0 heterocycles. The highest BCUT2D eigenvalue weighted by atomic mass is 127. The van der Waals surface area contributed by atoms with Gasteiger partial charge >= 0.3 is 0 Å². The number of alkyl halides is 1. The van der Waals surface area contributed by atoms with E-state index in [0.29, 0.717) is 5.92 Å². The lowest BCUT2D eigenvalue weighted by Crippen LogP contribution is -1.87. The highest BCUT2D eigenvalue weighted by Gasteiger charge is 1.91. The van der Waals surface area contributed by atoms with Gasteiger partial charge in [-0.2, -0.15) is 0 Å². The minimum absolute atomic E-state index is 0.602. The lowest BCUT2D eigenvalue weighted by Gasteiger charge is -1.96. The Morgan fingerprint density at radius 2 is 2.22 bits per heavy atom. The molecule has 1 heteroatoms. The van der Waals surface area contributed by atoms with E-state index in [1.165, 1.54) is 12.8 Å². The highest BCUT2D eigenvalue weighted by Crippen LogP contribution is 2.01.